The summed E-state index contributed by atoms with van der Waals surface area (Å²) in [6.45, 7) is 2.58. The van der Waals surface area contributed by atoms with E-state index in [0.717, 1.165) is 13.1 Å². The Morgan fingerprint density at radius 3 is 2.94 bits per heavy atom. The van der Waals surface area contributed by atoms with Crippen LogP contribution in [0.2, 0.25) is 0 Å². The summed E-state index contributed by atoms with van der Waals surface area (Å²) in [5.41, 5.74) is 0.575. The summed E-state index contributed by atoms with van der Waals surface area (Å²) in [4.78, 5) is 11.6. The lowest BCUT2D eigenvalue weighted by Crippen LogP contribution is -2.41. The van der Waals surface area contributed by atoms with Gasteiger partial charge in [0.1, 0.15) is 12.7 Å². The number of esters is 1. The standard InChI is InChI=1S/C12H15NO3/c14-12(10-4-2-1-3-5-10)16-9-11-8-13-6-7-15-11/h1-5,11,13H,6-9H2/t11-/m1/s1. The van der Waals surface area contributed by atoms with E-state index in [9.17, 15) is 4.79 Å². The fraction of sp³-hybridized carbons (Fsp3) is 0.417. The van der Waals surface area contributed by atoms with Gasteiger partial charge in [-0.15, -0.1) is 0 Å². The molecule has 0 bridgehead atoms. The van der Waals surface area contributed by atoms with E-state index >= 15 is 0 Å². The van der Waals surface area contributed by atoms with Gasteiger partial charge in [-0.3, -0.25) is 0 Å². The molecule has 0 radical (unpaired) electrons. The van der Waals surface area contributed by atoms with Crippen LogP contribution in [0.4, 0.5) is 0 Å². The Labute approximate surface area is 94.6 Å². The fourth-order valence-corrected chi connectivity index (χ4v) is 1.55. The van der Waals surface area contributed by atoms with Crippen LogP contribution >= 0.6 is 0 Å². The maximum absolute atomic E-state index is 11.6. The van der Waals surface area contributed by atoms with Crippen LogP contribution in [0.15, 0.2) is 30.3 Å². The molecule has 0 aliphatic carbocycles. The minimum Gasteiger partial charge on any atom is -0.459 e. The molecule has 1 heterocycles. The zero-order valence-electron chi connectivity index (χ0n) is 9.02. The first-order valence-corrected chi connectivity index (χ1v) is 5.41. The van der Waals surface area contributed by atoms with Crippen LogP contribution in [0.1, 0.15) is 10.4 Å². The summed E-state index contributed by atoms with van der Waals surface area (Å²) in [5, 5.41) is 3.18. The van der Waals surface area contributed by atoms with Crippen molar-refractivity contribution in [3.05, 3.63) is 35.9 Å². The third-order valence-electron chi connectivity index (χ3n) is 2.41. The molecular formula is C12H15NO3. The van der Waals surface area contributed by atoms with Gasteiger partial charge in [0.2, 0.25) is 0 Å². The van der Waals surface area contributed by atoms with E-state index in [4.69, 9.17) is 9.47 Å². The monoisotopic (exact) mass is 221 g/mol. The van der Waals surface area contributed by atoms with Crippen LogP contribution in [0.5, 0.6) is 0 Å². The molecule has 1 aliphatic heterocycles. The summed E-state index contributed by atoms with van der Waals surface area (Å²) in [7, 11) is 0. The highest BCUT2D eigenvalue weighted by molar-refractivity contribution is 5.89. The molecule has 4 heteroatoms. The molecule has 1 aromatic carbocycles. The predicted octanol–water partition coefficient (Wildman–Crippen LogP) is 0.832. The Morgan fingerprint density at radius 2 is 2.25 bits per heavy atom. The van der Waals surface area contributed by atoms with Crippen molar-refractivity contribution in [1.82, 2.24) is 5.32 Å². The second-order valence-electron chi connectivity index (χ2n) is 3.66. The number of nitrogens with one attached hydrogen (secondary N) is 1. The number of carbonyl (C=O) groups excluding carboxylic acids is 1. The van der Waals surface area contributed by atoms with Crippen LogP contribution < -0.4 is 5.32 Å². The lowest BCUT2D eigenvalue weighted by Gasteiger charge is -2.23. The second-order valence-corrected chi connectivity index (χ2v) is 3.66. The first-order valence-electron chi connectivity index (χ1n) is 5.41. The summed E-state index contributed by atoms with van der Waals surface area (Å²) in [6, 6.07) is 8.97. The fourth-order valence-electron chi connectivity index (χ4n) is 1.55. The van der Waals surface area contributed by atoms with Gasteiger partial charge in [0.25, 0.3) is 0 Å². The summed E-state index contributed by atoms with van der Waals surface area (Å²) in [6.07, 6.45) is -0.0265. The highest BCUT2D eigenvalue weighted by atomic mass is 16.6. The zero-order chi connectivity index (χ0) is 11.2. The molecule has 0 saturated carbocycles. The molecule has 1 atom stereocenters. The Balaban J connectivity index is 1.79. The van der Waals surface area contributed by atoms with Crippen LogP contribution in [-0.2, 0) is 9.47 Å². The van der Waals surface area contributed by atoms with Crippen molar-refractivity contribution in [2.24, 2.45) is 0 Å². The number of rotatable bonds is 3. The molecule has 86 valence electrons. The molecule has 0 spiro atoms. The minimum atomic E-state index is -0.297. The Hall–Kier alpha value is -1.39. The van der Waals surface area contributed by atoms with Gasteiger partial charge in [0.15, 0.2) is 0 Å². The first-order chi connectivity index (χ1) is 7.86. The normalized spacial score (nSPS) is 20.4. The SMILES string of the molecule is O=C(OC[C@H]1CNCCO1)c1ccccc1. The van der Waals surface area contributed by atoms with Gasteiger partial charge in [-0.2, -0.15) is 0 Å². The van der Waals surface area contributed by atoms with E-state index in [1.54, 1.807) is 12.1 Å². The van der Waals surface area contributed by atoms with E-state index in [2.05, 4.69) is 5.32 Å². The molecule has 4 nitrogen and oxygen atoms in total. The lowest BCUT2D eigenvalue weighted by atomic mass is 10.2. The molecule has 16 heavy (non-hydrogen) atoms. The van der Waals surface area contributed by atoms with E-state index in [-0.39, 0.29) is 12.1 Å². The van der Waals surface area contributed by atoms with Crippen LogP contribution in [0, 0.1) is 0 Å². The van der Waals surface area contributed by atoms with Gasteiger partial charge < -0.3 is 14.8 Å². The van der Waals surface area contributed by atoms with Crippen molar-refractivity contribution < 1.29 is 14.3 Å². The van der Waals surface area contributed by atoms with E-state index in [0.29, 0.717) is 18.8 Å². The number of ether oxygens (including phenoxy) is 2. The van der Waals surface area contributed by atoms with E-state index in [1.165, 1.54) is 0 Å². The van der Waals surface area contributed by atoms with Crippen molar-refractivity contribution in [1.29, 1.82) is 0 Å². The topological polar surface area (TPSA) is 47.6 Å². The third kappa shape index (κ3) is 3.05. The first kappa shape index (κ1) is 11.1. The number of benzene rings is 1. The van der Waals surface area contributed by atoms with E-state index < -0.39 is 0 Å². The Bertz CT molecular complexity index is 333. The highest BCUT2D eigenvalue weighted by Crippen LogP contribution is 2.03. The zero-order valence-corrected chi connectivity index (χ0v) is 9.02. The molecule has 1 saturated heterocycles. The quantitative estimate of drug-likeness (QED) is 0.768. The van der Waals surface area contributed by atoms with Crippen molar-refractivity contribution in [3.63, 3.8) is 0 Å². The average Bonchev–Trinajstić information content (AvgIpc) is 2.38. The summed E-state index contributed by atoms with van der Waals surface area (Å²) >= 11 is 0. The summed E-state index contributed by atoms with van der Waals surface area (Å²) in [5.74, 6) is -0.297. The Kier molecular flexibility index (Phi) is 3.91. The maximum Gasteiger partial charge on any atom is 0.338 e. The number of morpholine rings is 1. The second kappa shape index (κ2) is 5.63. The molecule has 0 amide bonds. The van der Waals surface area contributed by atoms with Crippen LogP contribution in [0.25, 0.3) is 0 Å². The average molecular weight is 221 g/mol. The van der Waals surface area contributed by atoms with Gasteiger partial charge in [0.05, 0.1) is 12.2 Å². The van der Waals surface area contributed by atoms with Gasteiger partial charge >= 0.3 is 5.97 Å². The number of hydrogen-bond acceptors (Lipinski definition) is 4. The van der Waals surface area contributed by atoms with Crippen molar-refractivity contribution in [2.75, 3.05) is 26.3 Å². The molecule has 1 aliphatic rings. The molecule has 1 aromatic rings. The summed E-state index contributed by atoms with van der Waals surface area (Å²) < 4.78 is 10.6. The number of hydrogen-bond donors (Lipinski definition) is 1. The minimum absolute atomic E-state index is 0.0265. The molecule has 2 rings (SSSR count). The van der Waals surface area contributed by atoms with E-state index in [1.807, 2.05) is 18.2 Å². The molecule has 0 unspecified atom stereocenters. The van der Waals surface area contributed by atoms with Gasteiger partial charge in [-0.1, -0.05) is 18.2 Å². The van der Waals surface area contributed by atoms with Crippen LogP contribution in [-0.4, -0.2) is 38.4 Å². The van der Waals surface area contributed by atoms with Crippen molar-refractivity contribution in [2.45, 2.75) is 6.10 Å². The maximum atomic E-state index is 11.6. The van der Waals surface area contributed by atoms with Crippen LogP contribution in [0.3, 0.4) is 0 Å². The van der Waals surface area contributed by atoms with Gasteiger partial charge in [-0.05, 0) is 12.1 Å². The predicted molar refractivity (Wildman–Crippen MR) is 59.3 cm³/mol. The van der Waals surface area contributed by atoms with Crippen molar-refractivity contribution in [3.8, 4) is 0 Å². The van der Waals surface area contributed by atoms with Crippen molar-refractivity contribution >= 4 is 5.97 Å². The number of carbonyl (C=O) groups is 1. The Morgan fingerprint density at radius 1 is 1.44 bits per heavy atom. The third-order valence-corrected chi connectivity index (χ3v) is 2.41. The molecule has 0 aromatic heterocycles. The molecular weight excluding hydrogens is 206 g/mol. The van der Waals surface area contributed by atoms with Gasteiger partial charge in [0, 0.05) is 13.1 Å². The largest absolute Gasteiger partial charge is 0.459 e. The smallest absolute Gasteiger partial charge is 0.338 e. The molecule has 1 N–H and O–H groups in total. The molecule has 1 fully saturated rings. The highest BCUT2D eigenvalue weighted by Gasteiger charge is 2.16. The van der Waals surface area contributed by atoms with Gasteiger partial charge in [-0.25, -0.2) is 4.79 Å². The lowest BCUT2D eigenvalue weighted by molar-refractivity contribution is -0.0214.